The Labute approximate surface area is 225 Å². The number of carbonyl (C=O) groups is 1. The van der Waals surface area contributed by atoms with Gasteiger partial charge >= 0.3 is 0 Å². The van der Waals surface area contributed by atoms with Gasteiger partial charge in [-0.25, -0.2) is 8.78 Å². The molecule has 1 aromatic heterocycles. The first kappa shape index (κ1) is 26.8. The van der Waals surface area contributed by atoms with Crippen molar-refractivity contribution in [3.05, 3.63) is 58.6 Å². The fraction of sp³-hybridized carbons (Fsp3) is 0.393. The number of nitrogens with zero attached hydrogens (tertiary/aromatic N) is 4. The summed E-state index contributed by atoms with van der Waals surface area (Å²) in [4.78, 5) is 20.8. The lowest BCUT2D eigenvalue weighted by molar-refractivity contribution is -0.133. The number of carbonyl (C=O) groups excluding carboxylic acids is 1. The number of phenols is 1. The third-order valence-corrected chi connectivity index (χ3v) is 7.35. The molecule has 3 N–H and O–H groups in total. The van der Waals surface area contributed by atoms with Crippen LogP contribution in [-0.4, -0.2) is 83.7 Å². The number of fused-ring (bicyclic) bond motifs is 1. The average Bonchev–Trinajstić information content (AvgIpc) is 3.37. The monoisotopic (exact) mass is 538 g/mol. The van der Waals surface area contributed by atoms with Crippen molar-refractivity contribution < 1.29 is 23.4 Å². The molecule has 5 rings (SSSR count). The van der Waals surface area contributed by atoms with Crippen LogP contribution in [0.25, 0.3) is 22.0 Å². The molecule has 0 bridgehead atoms. The van der Waals surface area contributed by atoms with Crippen molar-refractivity contribution in [2.45, 2.75) is 26.3 Å². The number of aryl methyl sites for hydroxylation is 1. The largest absolute Gasteiger partial charge is 0.505 e. The predicted octanol–water partition coefficient (Wildman–Crippen LogP) is 3.34. The first-order valence-corrected chi connectivity index (χ1v) is 13.1. The summed E-state index contributed by atoms with van der Waals surface area (Å²) in [6.07, 6.45) is 1.12. The van der Waals surface area contributed by atoms with E-state index in [4.69, 9.17) is 4.74 Å². The quantitative estimate of drug-likeness (QED) is 0.380. The number of ether oxygens (including phenoxy) is 1. The molecule has 9 nitrogen and oxygen atoms in total. The molecule has 2 aromatic carbocycles. The number of aromatic hydroxyl groups is 1. The van der Waals surface area contributed by atoms with Crippen LogP contribution in [0.3, 0.4) is 0 Å². The lowest BCUT2D eigenvalue weighted by atomic mass is 9.96. The summed E-state index contributed by atoms with van der Waals surface area (Å²) in [5, 5.41) is 20.6. The predicted molar refractivity (Wildman–Crippen MR) is 144 cm³/mol. The maximum atomic E-state index is 15.4. The van der Waals surface area contributed by atoms with Crippen molar-refractivity contribution >= 4 is 23.5 Å². The lowest BCUT2D eigenvalue weighted by Gasteiger charge is -2.32. The Hall–Kier alpha value is -3.83. The smallest absolute Gasteiger partial charge is 0.237 e. The summed E-state index contributed by atoms with van der Waals surface area (Å²) in [6.45, 7) is 9.85. The topological polar surface area (TPSA) is 106 Å². The number of aliphatic imine (C=N–C) groups is 1. The number of halogens is 2. The van der Waals surface area contributed by atoms with Crippen molar-refractivity contribution in [2.75, 3.05) is 45.9 Å². The minimum Gasteiger partial charge on any atom is -0.505 e. The van der Waals surface area contributed by atoms with Crippen LogP contribution in [0.15, 0.2) is 40.7 Å². The van der Waals surface area contributed by atoms with Gasteiger partial charge in [0, 0.05) is 31.8 Å². The average molecular weight is 539 g/mol. The second kappa shape index (κ2) is 11.5. The molecule has 0 unspecified atom stereocenters. The van der Waals surface area contributed by atoms with Crippen LogP contribution < -0.4 is 5.32 Å². The van der Waals surface area contributed by atoms with Gasteiger partial charge in [0.2, 0.25) is 5.91 Å². The summed E-state index contributed by atoms with van der Waals surface area (Å²) in [5.41, 5.74) is 4.22. The molecule has 206 valence electrons. The summed E-state index contributed by atoms with van der Waals surface area (Å²) >= 11 is 0. The number of aromatic amines is 1. The van der Waals surface area contributed by atoms with E-state index < -0.39 is 17.4 Å². The molecule has 1 amide bonds. The van der Waals surface area contributed by atoms with E-state index in [0.717, 1.165) is 18.8 Å². The molecule has 39 heavy (non-hydrogen) atoms. The van der Waals surface area contributed by atoms with E-state index >= 15 is 4.39 Å². The molecule has 11 heteroatoms. The number of morpholine rings is 1. The first-order valence-electron chi connectivity index (χ1n) is 13.1. The standard InChI is InChI=1S/C28H32F2N6O3/c1-3-17-12-26(37)20(29)13-19(17)18-10-21(30)28-23(11-18)33-34-24(28)14-32-22-4-5-36(15-25(22)31-2)27(38)16-35-6-8-39-9-7-35/h10-13,32,37H,2-9,14-16H2,1H3,(H,33,34). The van der Waals surface area contributed by atoms with Crippen molar-refractivity contribution in [1.82, 2.24) is 25.3 Å². The zero-order valence-corrected chi connectivity index (χ0v) is 21.9. The van der Waals surface area contributed by atoms with E-state index in [1.165, 1.54) is 18.2 Å². The molecule has 0 saturated carbocycles. The summed E-state index contributed by atoms with van der Waals surface area (Å²) in [6, 6.07) is 5.69. The Kier molecular flexibility index (Phi) is 7.89. The van der Waals surface area contributed by atoms with Crippen LogP contribution >= 0.6 is 0 Å². The number of benzene rings is 2. The van der Waals surface area contributed by atoms with E-state index in [1.54, 1.807) is 11.0 Å². The number of aromatic nitrogens is 2. The third kappa shape index (κ3) is 5.64. The molecule has 2 aliphatic rings. The van der Waals surface area contributed by atoms with Gasteiger partial charge in [-0.15, -0.1) is 0 Å². The van der Waals surface area contributed by atoms with Gasteiger partial charge in [0.25, 0.3) is 0 Å². The van der Waals surface area contributed by atoms with E-state index in [0.29, 0.717) is 84.7 Å². The third-order valence-electron chi connectivity index (χ3n) is 7.35. The maximum absolute atomic E-state index is 15.4. The highest BCUT2D eigenvalue weighted by atomic mass is 19.1. The molecule has 2 aliphatic heterocycles. The van der Waals surface area contributed by atoms with Gasteiger partial charge in [-0.1, -0.05) is 6.92 Å². The molecule has 0 atom stereocenters. The van der Waals surface area contributed by atoms with Gasteiger partial charge in [-0.3, -0.25) is 19.8 Å². The highest BCUT2D eigenvalue weighted by molar-refractivity contribution is 5.87. The zero-order valence-electron chi connectivity index (χ0n) is 21.9. The number of amides is 1. The van der Waals surface area contributed by atoms with E-state index in [1.807, 2.05) is 6.92 Å². The van der Waals surface area contributed by atoms with Gasteiger partial charge in [0.15, 0.2) is 11.6 Å². The zero-order chi connectivity index (χ0) is 27.5. The Bertz CT molecular complexity index is 1430. The van der Waals surface area contributed by atoms with Crippen molar-refractivity contribution in [1.29, 1.82) is 0 Å². The van der Waals surface area contributed by atoms with Crippen LogP contribution in [0.2, 0.25) is 0 Å². The number of phenolic OH excluding ortho intramolecular Hbond substituents is 1. The molecular formula is C28H32F2N6O3. The Morgan fingerprint density at radius 1 is 1.21 bits per heavy atom. The first-order chi connectivity index (χ1) is 18.9. The number of hydrogen-bond acceptors (Lipinski definition) is 7. The molecule has 1 saturated heterocycles. The molecule has 3 aromatic rings. The van der Waals surface area contributed by atoms with Gasteiger partial charge in [0.1, 0.15) is 5.82 Å². The van der Waals surface area contributed by atoms with E-state index in [-0.39, 0.29) is 12.5 Å². The second-order valence-electron chi connectivity index (χ2n) is 9.76. The summed E-state index contributed by atoms with van der Waals surface area (Å²) < 4.78 is 34.8. The van der Waals surface area contributed by atoms with Crippen LogP contribution in [-0.2, 0) is 22.5 Å². The molecule has 1 fully saturated rings. The minimum atomic E-state index is -0.758. The molecule has 3 heterocycles. The Morgan fingerprint density at radius 2 is 2.00 bits per heavy atom. The van der Waals surface area contributed by atoms with Crippen molar-refractivity contribution in [3.63, 3.8) is 0 Å². The normalized spacial score (nSPS) is 16.6. The summed E-state index contributed by atoms with van der Waals surface area (Å²) in [5.74, 6) is -1.62. The highest BCUT2D eigenvalue weighted by Crippen LogP contribution is 2.33. The second-order valence-corrected chi connectivity index (χ2v) is 9.76. The molecular weight excluding hydrogens is 506 g/mol. The summed E-state index contributed by atoms with van der Waals surface area (Å²) in [7, 11) is 0. The number of nitrogens with one attached hydrogen (secondary N) is 2. The van der Waals surface area contributed by atoms with Crippen molar-refractivity contribution in [3.8, 4) is 16.9 Å². The van der Waals surface area contributed by atoms with Crippen LogP contribution in [0.5, 0.6) is 5.75 Å². The molecule has 0 radical (unpaired) electrons. The van der Waals surface area contributed by atoms with Gasteiger partial charge in [-0.05, 0) is 54.1 Å². The van der Waals surface area contributed by atoms with Crippen LogP contribution in [0, 0.1) is 11.6 Å². The fourth-order valence-electron chi connectivity index (χ4n) is 5.16. The van der Waals surface area contributed by atoms with Crippen LogP contribution in [0.4, 0.5) is 8.78 Å². The van der Waals surface area contributed by atoms with E-state index in [2.05, 4.69) is 32.1 Å². The van der Waals surface area contributed by atoms with Gasteiger partial charge in [0.05, 0.1) is 55.1 Å². The van der Waals surface area contributed by atoms with Crippen LogP contribution in [0.1, 0.15) is 24.6 Å². The number of rotatable bonds is 8. The molecule has 0 spiro atoms. The Morgan fingerprint density at radius 3 is 2.74 bits per heavy atom. The molecule has 0 aliphatic carbocycles. The number of H-pyrrole nitrogens is 1. The van der Waals surface area contributed by atoms with E-state index in [9.17, 15) is 14.3 Å². The number of hydrogen-bond donors (Lipinski definition) is 3. The Balaban J connectivity index is 1.30. The highest BCUT2D eigenvalue weighted by Gasteiger charge is 2.25. The van der Waals surface area contributed by atoms with Gasteiger partial charge in [-0.2, -0.15) is 5.10 Å². The van der Waals surface area contributed by atoms with Gasteiger partial charge < -0.3 is 20.1 Å². The minimum absolute atomic E-state index is 0.0491. The lowest BCUT2D eigenvalue weighted by Crippen LogP contribution is -2.47. The fourth-order valence-corrected chi connectivity index (χ4v) is 5.16. The van der Waals surface area contributed by atoms with Crippen molar-refractivity contribution in [2.24, 2.45) is 4.99 Å². The SMILES string of the molecule is C=NC1=C(NCc2n[nH]c3cc(-c4cc(F)c(O)cc4CC)cc(F)c23)CCN(C(=O)CN2CCOCC2)C1. The maximum Gasteiger partial charge on any atom is 0.237 e.